The van der Waals surface area contributed by atoms with Gasteiger partial charge in [0, 0.05) is 11.6 Å². The van der Waals surface area contributed by atoms with Gasteiger partial charge in [0.15, 0.2) is 0 Å². The molecule has 2 rings (SSSR count). The van der Waals surface area contributed by atoms with Crippen LogP contribution >= 0.6 is 11.5 Å². The van der Waals surface area contributed by atoms with Crippen LogP contribution in [0.1, 0.15) is 33.3 Å². The standard InChI is InChI=1S/C8H7NS.2C2H6/c1-6-2-3-7-5-9-10-8(7)4-6;2*1-2/h2-5H,1H3;2*1-2H3. The van der Waals surface area contributed by atoms with Crippen molar-refractivity contribution in [3.8, 4) is 0 Å². The summed E-state index contributed by atoms with van der Waals surface area (Å²) in [6.07, 6.45) is 1.90. The number of hydrogen-bond acceptors (Lipinski definition) is 2. The van der Waals surface area contributed by atoms with Crippen molar-refractivity contribution in [3.05, 3.63) is 30.0 Å². The summed E-state index contributed by atoms with van der Waals surface area (Å²) in [4.78, 5) is 0. The predicted molar refractivity (Wildman–Crippen MR) is 67.1 cm³/mol. The Kier molecular flexibility index (Phi) is 7.03. The van der Waals surface area contributed by atoms with Crippen molar-refractivity contribution in [3.63, 3.8) is 0 Å². The summed E-state index contributed by atoms with van der Waals surface area (Å²) in [6, 6.07) is 6.37. The molecule has 14 heavy (non-hydrogen) atoms. The summed E-state index contributed by atoms with van der Waals surface area (Å²) in [5, 5.41) is 1.25. The normalized spacial score (nSPS) is 8.36. The maximum atomic E-state index is 4.08. The largest absolute Gasteiger partial charge is 0.200 e. The highest BCUT2D eigenvalue weighted by atomic mass is 32.1. The molecule has 1 heterocycles. The van der Waals surface area contributed by atoms with E-state index < -0.39 is 0 Å². The maximum Gasteiger partial charge on any atom is 0.0552 e. The smallest absolute Gasteiger partial charge is 0.0552 e. The number of aryl methyl sites for hydroxylation is 1. The third-order valence-corrected chi connectivity index (χ3v) is 2.27. The van der Waals surface area contributed by atoms with Crippen LogP contribution in [0.15, 0.2) is 24.4 Å². The molecule has 0 atom stereocenters. The van der Waals surface area contributed by atoms with Gasteiger partial charge in [-0.25, -0.2) is 0 Å². The second-order valence-corrected chi connectivity index (χ2v) is 3.20. The van der Waals surface area contributed by atoms with E-state index in [9.17, 15) is 0 Å². The van der Waals surface area contributed by atoms with Crippen molar-refractivity contribution < 1.29 is 0 Å². The predicted octanol–water partition coefficient (Wildman–Crippen LogP) is 4.66. The van der Waals surface area contributed by atoms with Crippen LogP contribution in [0, 0.1) is 6.92 Å². The van der Waals surface area contributed by atoms with E-state index in [1.54, 1.807) is 11.5 Å². The minimum absolute atomic E-state index is 1.25. The van der Waals surface area contributed by atoms with Crippen molar-refractivity contribution in [2.45, 2.75) is 34.6 Å². The summed E-state index contributed by atoms with van der Waals surface area (Å²) in [5.41, 5.74) is 1.30. The second-order valence-electron chi connectivity index (χ2n) is 2.37. The minimum Gasteiger partial charge on any atom is -0.200 e. The fourth-order valence-corrected chi connectivity index (χ4v) is 1.71. The van der Waals surface area contributed by atoms with Gasteiger partial charge in [-0.2, -0.15) is 4.37 Å². The van der Waals surface area contributed by atoms with Crippen LogP contribution in [0.25, 0.3) is 10.1 Å². The Morgan fingerprint density at radius 2 is 1.71 bits per heavy atom. The van der Waals surface area contributed by atoms with E-state index in [0.29, 0.717) is 0 Å². The average molecular weight is 209 g/mol. The first kappa shape index (κ1) is 13.1. The van der Waals surface area contributed by atoms with Crippen LogP contribution in [0.5, 0.6) is 0 Å². The Hall–Kier alpha value is -0.890. The summed E-state index contributed by atoms with van der Waals surface area (Å²) in [7, 11) is 0. The number of hydrogen-bond donors (Lipinski definition) is 0. The van der Waals surface area contributed by atoms with Crippen molar-refractivity contribution >= 4 is 21.6 Å². The van der Waals surface area contributed by atoms with Crippen molar-refractivity contribution in [1.82, 2.24) is 4.37 Å². The van der Waals surface area contributed by atoms with Crippen molar-refractivity contribution in [1.29, 1.82) is 0 Å². The molecule has 0 bridgehead atoms. The van der Waals surface area contributed by atoms with E-state index in [4.69, 9.17) is 0 Å². The lowest BCUT2D eigenvalue weighted by Gasteiger charge is -1.88. The summed E-state index contributed by atoms with van der Waals surface area (Å²) >= 11 is 1.55. The Labute approximate surface area is 91.0 Å². The summed E-state index contributed by atoms with van der Waals surface area (Å²) in [5.74, 6) is 0. The maximum absolute atomic E-state index is 4.08. The van der Waals surface area contributed by atoms with E-state index in [-0.39, 0.29) is 0 Å². The van der Waals surface area contributed by atoms with Gasteiger partial charge in [-0.15, -0.1) is 0 Å². The number of benzene rings is 1. The molecule has 0 aliphatic heterocycles. The van der Waals surface area contributed by atoms with Gasteiger partial charge in [-0.05, 0) is 30.1 Å². The monoisotopic (exact) mass is 209 g/mol. The second kappa shape index (κ2) is 7.51. The van der Waals surface area contributed by atoms with Gasteiger partial charge in [0.2, 0.25) is 0 Å². The molecular formula is C12H19NS. The van der Waals surface area contributed by atoms with Gasteiger partial charge in [0.05, 0.1) is 4.70 Å². The SMILES string of the molecule is CC.CC.Cc1ccc2cnsc2c1. The molecule has 0 spiro atoms. The first-order valence-corrected chi connectivity index (χ1v) is 5.95. The van der Waals surface area contributed by atoms with E-state index in [0.717, 1.165) is 0 Å². The lowest BCUT2D eigenvalue weighted by Crippen LogP contribution is -1.66. The lowest BCUT2D eigenvalue weighted by atomic mass is 10.2. The zero-order valence-electron chi connectivity index (χ0n) is 9.66. The zero-order valence-corrected chi connectivity index (χ0v) is 10.5. The first-order valence-electron chi connectivity index (χ1n) is 5.17. The fourth-order valence-electron chi connectivity index (χ4n) is 0.967. The topological polar surface area (TPSA) is 12.9 Å². The molecule has 1 nitrogen and oxygen atoms in total. The Morgan fingerprint density at radius 1 is 1.07 bits per heavy atom. The van der Waals surface area contributed by atoms with Crippen LogP contribution in [0.4, 0.5) is 0 Å². The lowest BCUT2D eigenvalue weighted by molar-refractivity contribution is 1.50. The molecule has 0 saturated heterocycles. The number of nitrogens with zero attached hydrogens (tertiary/aromatic N) is 1. The molecule has 0 aliphatic rings. The number of rotatable bonds is 0. The Balaban J connectivity index is 0.000000379. The molecule has 0 saturated carbocycles. The quantitative estimate of drug-likeness (QED) is 0.615. The molecule has 0 fully saturated rings. The van der Waals surface area contributed by atoms with Crippen LogP contribution in [-0.2, 0) is 0 Å². The van der Waals surface area contributed by atoms with Crippen molar-refractivity contribution in [2.75, 3.05) is 0 Å². The fraction of sp³-hybridized carbons (Fsp3) is 0.417. The molecule has 0 radical (unpaired) electrons. The minimum atomic E-state index is 1.25. The van der Waals surface area contributed by atoms with E-state index in [1.807, 2.05) is 33.9 Å². The van der Waals surface area contributed by atoms with E-state index in [2.05, 4.69) is 29.5 Å². The highest BCUT2D eigenvalue weighted by Crippen LogP contribution is 2.18. The third-order valence-electron chi connectivity index (χ3n) is 1.51. The van der Waals surface area contributed by atoms with Crippen LogP contribution in [0.2, 0.25) is 0 Å². The molecule has 2 heteroatoms. The van der Waals surface area contributed by atoms with Gasteiger partial charge in [0.25, 0.3) is 0 Å². The molecule has 1 aromatic carbocycles. The van der Waals surface area contributed by atoms with E-state index >= 15 is 0 Å². The highest BCUT2D eigenvalue weighted by Gasteiger charge is 1.93. The molecule has 0 aliphatic carbocycles. The van der Waals surface area contributed by atoms with Crippen molar-refractivity contribution in [2.24, 2.45) is 0 Å². The first-order chi connectivity index (χ1) is 6.86. The Morgan fingerprint density at radius 3 is 2.36 bits per heavy atom. The van der Waals surface area contributed by atoms with Gasteiger partial charge < -0.3 is 0 Å². The van der Waals surface area contributed by atoms with Gasteiger partial charge >= 0.3 is 0 Å². The molecule has 2 aromatic rings. The molecule has 0 unspecified atom stereocenters. The van der Waals surface area contributed by atoms with Crippen LogP contribution in [0.3, 0.4) is 0 Å². The molecule has 0 N–H and O–H groups in total. The summed E-state index contributed by atoms with van der Waals surface area (Å²) in [6.45, 7) is 10.1. The van der Waals surface area contributed by atoms with Gasteiger partial charge in [0.1, 0.15) is 0 Å². The zero-order chi connectivity index (χ0) is 11.0. The molecule has 0 amide bonds. The van der Waals surface area contributed by atoms with Crippen LogP contribution < -0.4 is 0 Å². The average Bonchev–Trinajstić information content (AvgIpc) is 2.71. The number of aromatic nitrogens is 1. The molecular weight excluding hydrogens is 190 g/mol. The highest BCUT2D eigenvalue weighted by molar-refractivity contribution is 7.13. The summed E-state index contributed by atoms with van der Waals surface area (Å²) < 4.78 is 5.36. The van der Waals surface area contributed by atoms with Gasteiger partial charge in [-0.1, -0.05) is 39.8 Å². The third kappa shape index (κ3) is 3.46. The Bertz CT molecular complexity index is 352. The van der Waals surface area contributed by atoms with E-state index in [1.165, 1.54) is 15.6 Å². The van der Waals surface area contributed by atoms with Gasteiger partial charge in [-0.3, -0.25) is 0 Å². The number of fused-ring (bicyclic) bond motifs is 1. The molecule has 1 aromatic heterocycles. The van der Waals surface area contributed by atoms with Crippen LogP contribution in [-0.4, -0.2) is 4.37 Å². The molecule has 78 valence electrons.